The third kappa shape index (κ3) is 6.08. The Morgan fingerprint density at radius 2 is 1.89 bits per heavy atom. The summed E-state index contributed by atoms with van der Waals surface area (Å²) in [5.41, 5.74) is 3.33. The van der Waals surface area contributed by atoms with Crippen LogP contribution in [0.3, 0.4) is 0 Å². The first-order valence-corrected chi connectivity index (χ1v) is 12.3. The molecule has 0 atom stereocenters. The molecule has 2 amide bonds. The number of hydrogen-bond acceptors (Lipinski definition) is 4. The molecule has 3 aromatic rings. The van der Waals surface area contributed by atoms with Gasteiger partial charge in [0.2, 0.25) is 11.8 Å². The molecular weight excluding hydrogens is 515 g/mol. The molecule has 35 heavy (non-hydrogen) atoms. The first-order valence-electron chi connectivity index (χ1n) is 11.5. The average Bonchev–Trinajstić information content (AvgIpc) is 3.25. The number of carbonyl (C=O) groups is 2. The molecule has 2 heterocycles. The summed E-state index contributed by atoms with van der Waals surface area (Å²) in [6.07, 6.45) is 4.28. The zero-order valence-electron chi connectivity index (χ0n) is 19.8. The van der Waals surface area contributed by atoms with Gasteiger partial charge in [-0.15, -0.1) is 5.10 Å². The number of ether oxygens (including phenoxy) is 1. The first-order chi connectivity index (χ1) is 16.8. The van der Waals surface area contributed by atoms with Crippen LogP contribution >= 0.6 is 15.9 Å². The molecule has 0 radical (unpaired) electrons. The van der Waals surface area contributed by atoms with Crippen molar-refractivity contribution in [2.45, 2.75) is 31.6 Å². The van der Waals surface area contributed by atoms with Crippen molar-refractivity contribution in [1.82, 2.24) is 14.7 Å². The SMILES string of the molecule is COc1nn(C)cc1C(=O)N1CCC(c2ccc(NC(=O)CCc3ccc(F)c(Br)c3)cc2)CC1. The van der Waals surface area contributed by atoms with Gasteiger partial charge >= 0.3 is 0 Å². The smallest absolute Gasteiger partial charge is 0.260 e. The number of nitrogens with one attached hydrogen (secondary N) is 1. The van der Waals surface area contributed by atoms with Crippen LogP contribution in [0.25, 0.3) is 0 Å². The number of aromatic nitrogens is 2. The standard InChI is InChI=1S/C26H28BrFN4O3/c1-31-16-21(25(30-31)35-2)26(34)32-13-11-19(12-14-32)18-5-7-20(8-6-18)29-24(33)10-4-17-3-9-23(28)22(27)15-17/h3,5-9,15-16,19H,4,10-14H2,1-2H3,(H,29,33). The second-order valence-electron chi connectivity index (χ2n) is 8.71. The van der Waals surface area contributed by atoms with Crippen LogP contribution in [0.4, 0.5) is 10.1 Å². The van der Waals surface area contributed by atoms with Gasteiger partial charge in [-0.1, -0.05) is 18.2 Å². The molecule has 1 N–H and O–H groups in total. The van der Waals surface area contributed by atoms with Crippen LogP contribution in [0.5, 0.6) is 5.88 Å². The minimum Gasteiger partial charge on any atom is -0.479 e. The van der Waals surface area contributed by atoms with Crippen LogP contribution in [0, 0.1) is 5.82 Å². The summed E-state index contributed by atoms with van der Waals surface area (Å²) in [4.78, 5) is 27.1. The number of hydrogen-bond donors (Lipinski definition) is 1. The van der Waals surface area contributed by atoms with Crippen LogP contribution in [-0.2, 0) is 18.3 Å². The monoisotopic (exact) mass is 542 g/mol. The number of carbonyl (C=O) groups excluding carboxylic acids is 2. The molecule has 1 saturated heterocycles. The lowest BCUT2D eigenvalue weighted by Crippen LogP contribution is -2.38. The van der Waals surface area contributed by atoms with Crippen LogP contribution in [0.2, 0.25) is 0 Å². The number of benzene rings is 2. The summed E-state index contributed by atoms with van der Waals surface area (Å²) in [6.45, 7) is 1.33. The van der Waals surface area contributed by atoms with Gasteiger partial charge in [-0.3, -0.25) is 14.3 Å². The molecule has 4 rings (SSSR count). The molecule has 0 bridgehead atoms. The molecule has 2 aromatic carbocycles. The van der Waals surface area contributed by atoms with Gasteiger partial charge in [0, 0.05) is 38.4 Å². The second kappa shape index (κ2) is 11.0. The highest BCUT2D eigenvalue weighted by Gasteiger charge is 2.27. The van der Waals surface area contributed by atoms with Gasteiger partial charge in [-0.05, 0) is 76.5 Å². The molecule has 0 aliphatic carbocycles. The maximum atomic E-state index is 13.4. The number of likely N-dealkylation sites (tertiary alicyclic amines) is 1. The molecule has 1 fully saturated rings. The van der Waals surface area contributed by atoms with Gasteiger partial charge in [0.25, 0.3) is 5.91 Å². The Kier molecular flexibility index (Phi) is 7.85. The van der Waals surface area contributed by atoms with Gasteiger partial charge in [0.05, 0.1) is 11.6 Å². The fourth-order valence-electron chi connectivity index (χ4n) is 4.37. The third-order valence-electron chi connectivity index (χ3n) is 6.29. The number of piperidine rings is 1. The minimum atomic E-state index is -0.315. The molecule has 184 valence electrons. The Balaban J connectivity index is 1.27. The fraction of sp³-hybridized carbons (Fsp3) is 0.346. The molecule has 0 unspecified atom stereocenters. The van der Waals surface area contributed by atoms with E-state index in [9.17, 15) is 14.0 Å². The highest BCUT2D eigenvalue weighted by atomic mass is 79.9. The van der Waals surface area contributed by atoms with Crippen molar-refractivity contribution < 1.29 is 18.7 Å². The number of anilines is 1. The zero-order chi connectivity index (χ0) is 24.9. The van der Waals surface area contributed by atoms with E-state index in [1.165, 1.54) is 18.7 Å². The number of rotatable bonds is 7. The number of nitrogens with zero attached hydrogens (tertiary/aromatic N) is 3. The highest BCUT2D eigenvalue weighted by molar-refractivity contribution is 9.10. The predicted octanol–water partition coefficient (Wildman–Crippen LogP) is 4.92. The van der Waals surface area contributed by atoms with E-state index < -0.39 is 0 Å². The Morgan fingerprint density at radius 3 is 2.54 bits per heavy atom. The largest absolute Gasteiger partial charge is 0.479 e. The van der Waals surface area contributed by atoms with Crippen LogP contribution < -0.4 is 10.1 Å². The quantitative estimate of drug-likeness (QED) is 0.459. The third-order valence-corrected chi connectivity index (χ3v) is 6.90. The molecule has 0 spiro atoms. The van der Waals surface area contributed by atoms with Crippen molar-refractivity contribution >= 4 is 33.4 Å². The van der Waals surface area contributed by atoms with E-state index in [0.717, 1.165) is 24.1 Å². The van der Waals surface area contributed by atoms with Crippen molar-refractivity contribution in [3.8, 4) is 5.88 Å². The van der Waals surface area contributed by atoms with Gasteiger partial charge in [-0.25, -0.2) is 4.39 Å². The molecule has 1 aliphatic rings. The predicted molar refractivity (Wildman–Crippen MR) is 135 cm³/mol. The van der Waals surface area contributed by atoms with Gasteiger partial charge in [-0.2, -0.15) is 0 Å². The fourth-order valence-corrected chi connectivity index (χ4v) is 4.79. The van der Waals surface area contributed by atoms with Crippen molar-refractivity contribution in [3.05, 3.63) is 75.6 Å². The van der Waals surface area contributed by atoms with Crippen molar-refractivity contribution in [2.75, 3.05) is 25.5 Å². The Morgan fingerprint density at radius 1 is 1.17 bits per heavy atom. The van der Waals surface area contributed by atoms with Crippen LogP contribution in [-0.4, -0.2) is 46.7 Å². The molecule has 9 heteroatoms. The van der Waals surface area contributed by atoms with E-state index >= 15 is 0 Å². The Labute approximate surface area is 212 Å². The normalized spacial score (nSPS) is 14.1. The van der Waals surface area contributed by atoms with E-state index in [0.29, 0.717) is 47.8 Å². The van der Waals surface area contributed by atoms with Crippen LogP contribution in [0.1, 0.15) is 46.7 Å². The van der Waals surface area contributed by atoms with Gasteiger partial charge in [0.15, 0.2) is 0 Å². The summed E-state index contributed by atoms with van der Waals surface area (Å²) in [7, 11) is 3.28. The lowest BCUT2D eigenvalue weighted by Gasteiger charge is -2.32. The molecule has 1 aromatic heterocycles. The molecule has 1 aliphatic heterocycles. The van der Waals surface area contributed by atoms with E-state index in [1.807, 2.05) is 29.2 Å². The first kappa shape index (κ1) is 24.9. The number of methoxy groups -OCH3 is 1. The zero-order valence-corrected chi connectivity index (χ0v) is 21.3. The lowest BCUT2D eigenvalue weighted by atomic mass is 9.89. The van der Waals surface area contributed by atoms with Crippen molar-refractivity contribution in [3.63, 3.8) is 0 Å². The summed E-state index contributed by atoms with van der Waals surface area (Å²) in [5.74, 6) is 0.249. The Bertz CT molecular complexity index is 1200. The number of halogens is 2. The molecule has 7 nitrogen and oxygen atoms in total. The van der Waals surface area contributed by atoms with E-state index in [-0.39, 0.29) is 17.6 Å². The summed E-state index contributed by atoms with van der Waals surface area (Å²) in [5, 5.41) is 7.10. The summed E-state index contributed by atoms with van der Waals surface area (Å²) in [6, 6.07) is 12.7. The topological polar surface area (TPSA) is 76.5 Å². The lowest BCUT2D eigenvalue weighted by molar-refractivity contribution is -0.116. The molecular formula is C26H28BrFN4O3. The van der Waals surface area contributed by atoms with E-state index in [2.05, 4.69) is 26.3 Å². The second-order valence-corrected chi connectivity index (χ2v) is 9.57. The van der Waals surface area contributed by atoms with E-state index in [1.54, 1.807) is 30.1 Å². The van der Waals surface area contributed by atoms with Gasteiger partial charge in [0.1, 0.15) is 11.4 Å². The van der Waals surface area contributed by atoms with E-state index in [4.69, 9.17) is 4.74 Å². The van der Waals surface area contributed by atoms with Gasteiger partial charge < -0.3 is 15.0 Å². The maximum absolute atomic E-state index is 13.4. The van der Waals surface area contributed by atoms with Crippen molar-refractivity contribution in [1.29, 1.82) is 0 Å². The highest BCUT2D eigenvalue weighted by Crippen LogP contribution is 2.30. The summed E-state index contributed by atoms with van der Waals surface area (Å²) >= 11 is 3.17. The number of amides is 2. The minimum absolute atomic E-state index is 0.0561. The molecule has 0 saturated carbocycles. The number of aryl methyl sites for hydroxylation is 2. The Hall–Kier alpha value is -3.20. The maximum Gasteiger partial charge on any atom is 0.260 e. The average molecular weight is 543 g/mol. The van der Waals surface area contributed by atoms with Crippen molar-refractivity contribution in [2.24, 2.45) is 7.05 Å². The van der Waals surface area contributed by atoms with Crippen LogP contribution in [0.15, 0.2) is 53.1 Å². The summed E-state index contributed by atoms with van der Waals surface area (Å²) < 4.78 is 20.6.